The number of benzene rings is 1. The highest BCUT2D eigenvalue weighted by atomic mass is 16.5. The van der Waals surface area contributed by atoms with E-state index in [4.69, 9.17) is 10.00 Å². The van der Waals surface area contributed by atoms with Crippen molar-refractivity contribution in [2.75, 3.05) is 6.61 Å². The van der Waals surface area contributed by atoms with Gasteiger partial charge in [-0.15, -0.1) is 0 Å². The van der Waals surface area contributed by atoms with Gasteiger partial charge in [0.2, 0.25) is 0 Å². The maximum absolute atomic E-state index is 8.89. The zero-order valence-corrected chi connectivity index (χ0v) is 15.8. The van der Waals surface area contributed by atoms with Crippen molar-refractivity contribution in [3.8, 4) is 6.07 Å². The SMILES string of the molecule is CCCCCC=COCCCC1CCC(c2ccc(C#N)cc2)CC1. The molecule has 25 heavy (non-hydrogen) atoms. The fourth-order valence-electron chi connectivity index (χ4n) is 3.79. The minimum atomic E-state index is 0.686. The Morgan fingerprint density at radius 2 is 1.84 bits per heavy atom. The first-order valence-corrected chi connectivity index (χ1v) is 10.1. The van der Waals surface area contributed by atoms with Gasteiger partial charge in [-0.2, -0.15) is 5.26 Å². The van der Waals surface area contributed by atoms with E-state index in [1.165, 1.54) is 63.4 Å². The van der Waals surface area contributed by atoms with Crippen molar-refractivity contribution in [3.05, 3.63) is 47.7 Å². The highest BCUT2D eigenvalue weighted by Crippen LogP contribution is 2.37. The maximum Gasteiger partial charge on any atom is 0.0991 e. The first-order valence-electron chi connectivity index (χ1n) is 10.1. The zero-order chi connectivity index (χ0) is 17.7. The molecule has 0 bridgehead atoms. The van der Waals surface area contributed by atoms with Crippen LogP contribution in [0.25, 0.3) is 0 Å². The normalized spacial score (nSPS) is 20.5. The summed E-state index contributed by atoms with van der Waals surface area (Å²) in [6.45, 7) is 3.10. The summed E-state index contributed by atoms with van der Waals surface area (Å²) in [5.41, 5.74) is 2.17. The fourth-order valence-corrected chi connectivity index (χ4v) is 3.79. The Hall–Kier alpha value is -1.75. The van der Waals surface area contributed by atoms with Crippen molar-refractivity contribution in [2.24, 2.45) is 5.92 Å². The fraction of sp³-hybridized carbons (Fsp3) is 0.609. The monoisotopic (exact) mass is 339 g/mol. The van der Waals surface area contributed by atoms with Crippen molar-refractivity contribution in [1.29, 1.82) is 5.26 Å². The number of unbranched alkanes of at least 4 members (excludes halogenated alkanes) is 3. The third kappa shape index (κ3) is 7.34. The van der Waals surface area contributed by atoms with Gasteiger partial charge in [-0.25, -0.2) is 0 Å². The topological polar surface area (TPSA) is 33.0 Å². The van der Waals surface area contributed by atoms with Crippen LogP contribution in [0.1, 0.15) is 88.2 Å². The second-order valence-electron chi connectivity index (χ2n) is 7.33. The smallest absolute Gasteiger partial charge is 0.0991 e. The van der Waals surface area contributed by atoms with Gasteiger partial charge < -0.3 is 4.74 Å². The van der Waals surface area contributed by atoms with E-state index < -0.39 is 0 Å². The summed E-state index contributed by atoms with van der Waals surface area (Å²) in [5, 5.41) is 8.89. The predicted molar refractivity (Wildman–Crippen MR) is 104 cm³/mol. The van der Waals surface area contributed by atoms with E-state index in [0.29, 0.717) is 5.92 Å². The van der Waals surface area contributed by atoms with Gasteiger partial charge >= 0.3 is 0 Å². The van der Waals surface area contributed by atoms with Crippen molar-refractivity contribution < 1.29 is 4.74 Å². The second-order valence-corrected chi connectivity index (χ2v) is 7.33. The van der Waals surface area contributed by atoms with Crippen LogP contribution in [0.2, 0.25) is 0 Å². The minimum Gasteiger partial charge on any atom is -0.502 e. The molecule has 1 aliphatic carbocycles. The first-order chi connectivity index (χ1) is 12.3. The number of rotatable bonds is 10. The molecule has 2 rings (SSSR count). The molecule has 0 atom stereocenters. The molecule has 2 nitrogen and oxygen atoms in total. The molecule has 0 unspecified atom stereocenters. The Balaban J connectivity index is 1.55. The highest BCUT2D eigenvalue weighted by molar-refractivity contribution is 5.33. The van der Waals surface area contributed by atoms with E-state index in [2.05, 4.69) is 31.2 Å². The standard InChI is InChI=1S/C23H33NO/c1-2-3-4-5-6-17-25-18-7-8-20-9-13-22(14-10-20)23-15-11-21(19-24)12-16-23/h6,11-12,15-17,20,22H,2-5,7-10,13-14,18H2,1H3. The minimum absolute atomic E-state index is 0.686. The average molecular weight is 340 g/mol. The Bertz CT molecular complexity index is 532. The van der Waals surface area contributed by atoms with Crippen LogP contribution < -0.4 is 0 Å². The summed E-state index contributed by atoms with van der Waals surface area (Å²) in [6, 6.07) is 10.4. The molecule has 1 fully saturated rings. The van der Waals surface area contributed by atoms with Crippen LogP contribution in [0.4, 0.5) is 0 Å². The Morgan fingerprint density at radius 1 is 1.08 bits per heavy atom. The first kappa shape index (κ1) is 19.6. The number of hydrogen-bond donors (Lipinski definition) is 0. The Morgan fingerprint density at radius 3 is 2.52 bits per heavy atom. The molecular weight excluding hydrogens is 306 g/mol. The van der Waals surface area contributed by atoms with Gasteiger partial charge in [-0.1, -0.05) is 31.9 Å². The molecule has 0 saturated heterocycles. The van der Waals surface area contributed by atoms with Crippen molar-refractivity contribution in [1.82, 2.24) is 0 Å². The summed E-state index contributed by atoms with van der Waals surface area (Å²) >= 11 is 0. The number of allylic oxidation sites excluding steroid dienone is 1. The largest absolute Gasteiger partial charge is 0.502 e. The third-order valence-electron chi connectivity index (χ3n) is 5.40. The molecule has 0 aromatic heterocycles. The molecule has 0 aliphatic heterocycles. The van der Waals surface area contributed by atoms with Gasteiger partial charge in [0.25, 0.3) is 0 Å². The van der Waals surface area contributed by atoms with E-state index in [1.54, 1.807) is 0 Å². The van der Waals surface area contributed by atoms with Crippen molar-refractivity contribution >= 4 is 0 Å². The van der Waals surface area contributed by atoms with Crippen LogP contribution in [0.5, 0.6) is 0 Å². The van der Waals surface area contributed by atoms with Crippen molar-refractivity contribution in [3.63, 3.8) is 0 Å². The van der Waals surface area contributed by atoms with E-state index in [9.17, 15) is 0 Å². The van der Waals surface area contributed by atoms with Gasteiger partial charge in [0, 0.05) is 0 Å². The Labute approximate surface area is 153 Å². The molecule has 136 valence electrons. The molecule has 1 aromatic rings. The lowest BCUT2D eigenvalue weighted by molar-refractivity contribution is 0.219. The summed E-state index contributed by atoms with van der Waals surface area (Å²) < 4.78 is 5.61. The van der Waals surface area contributed by atoms with E-state index in [0.717, 1.165) is 24.5 Å². The van der Waals surface area contributed by atoms with Crippen LogP contribution in [-0.2, 0) is 4.74 Å². The number of nitriles is 1. The summed E-state index contributed by atoms with van der Waals surface area (Å²) in [7, 11) is 0. The van der Waals surface area contributed by atoms with Gasteiger partial charge in [0.05, 0.1) is 24.5 Å². The van der Waals surface area contributed by atoms with Crippen LogP contribution in [0, 0.1) is 17.2 Å². The molecule has 2 heteroatoms. The molecule has 0 radical (unpaired) electrons. The van der Waals surface area contributed by atoms with Gasteiger partial charge in [0.15, 0.2) is 0 Å². The predicted octanol–water partition coefficient (Wildman–Crippen LogP) is 6.72. The van der Waals surface area contributed by atoms with Crippen LogP contribution >= 0.6 is 0 Å². The molecule has 0 amide bonds. The third-order valence-corrected chi connectivity index (χ3v) is 5.40. The summed E-state index contributed by atoms with van der Waals surface area (Å²) in [5.74, 6) is 1.55. The highest BCUT2D eigenvalue weighted by Gasteiger charge is 2.21. The molecule has 0 N–H and O–H groups in total. The zero-order valence-electron chi connectivity index (χ0n) is 15.8. The Kier molecular flexibility index (Phi) is 9.19. The van der Waals surface area contributed by atoms with Crippen molar-refractivity contribution in [2.45, 2.75) is 77.0 Å². The lowest BCUT2D eigenvalue weighted by Crippen LogP contribution is -2.13. The van der Waals surface area contributed by atoms with Gasteiger partial charge in [0.1, 0.15) is 0 Å². The average Bonchev–Trinajstić information content (AvgIpc) is 2.67. The lowest BCUT2D eigenvalue weighted by Gasteiger charge is -2.28. The quantitative estimate of drug-likeness (QED) is 0.350. The van der Waals surface area contributed by atoms with Gasteiger partial charge in [-0.3, -0.25) is 0 Å². The van der Waals surface area contributed by atoms with E-state index >= 15 is 0 Å². The maximum atomic E-state index is 8.89. The van der Waals surface area contributed by atoms with E-state index in [-0.39, 0.29) is 0 Å². The lowest BCUT2D eigenvalue weighted by atomic mass is 9.77. The second kappa shape index (κ2) is 11.7. The molecule has 1 saturated carbocycles. The van der Waals surface area contributed by atoms with Crippen LogP contribution in [0.3, 0.4) is 0 Å². The summed E-state index contributed by atoms with van der Waals surface area (Å²) in [6.07, 6.45) is 16.8. The molecule has 1 aliphatic rings. The molecule has 0 spiro atoms. The molecule has 1 aromatic carbocycles. The number of ether oxygens (including phenoxy) is 1. The number of hydrogen-bond acceptors (Lipinski definition) is 2. The van der Waals surface area contributed by atoms with Gasteiger partial charge in [-0.05, 0) is 87.0 Å². The summed E-state index contributed by atoms with van der Waals surface area (Å²) in [4.78, 5) is 0. The van der Waals surface area contributed by atoms with Crippen LogP contribution in [-0.4, -0.2) is 6.61 Å². The molecular formula is C23H33NO. The molecule has 0 heterocycles. The number of nitrogens with zero attached hydrogens (tertiary/aromatic N) is 1. The van der Waals surface area contributed by atoms with E-state index in [1.807, 2.05) is 18.4 Å². The van der Waals surface area contributed by atoms with Crippen LogP contribution in [0.15, 0.2) is 36.6 Å².